The van der Waals surface area contributed by atoms with E-state index in [1.165, 1.54) is 6.07 Å². The SMILES string of the molecule is O=Cc1c(O)c(C(=O)N(Cl)c2ccccc2)cc2ccccc12. The zero-order chi connectivity index (χ0) is 16.4. The Morgan fingerprint density at radius 3 is 2.39 bits per heavy atom. The molecule has 0 unspecified atom stereocenters. The third-order valence-corrected chi connectivity index (χ3v) is 3.92. The van der Waals surface area contributed by atoms with Gasteiger partial charge in [0.1, 0.15) is 5.75 Å². The van der Waals surface area contributed by atoms with Gasteiger partial charge >= 0.3 is 0 Å². The molecule has 0 aliphatic carbocycles. The topological polar surface area (TPSA) is 57.6 Å². The minimum Gasteiger partial charge on any atom is -0.506 e. The molecule has 0 heterocycles. The van der Waals surface area contributed by atoms with Crippen LogP contribution in [0.15, 0.2) is 60.7 Å². The van der Waals surface area contributed by atoms with E-state index in [0.717, 1.165) is 4.42 Å². The maximum absolute atomic E-state index is 12.6. The number of phenols is 1. The molecule has 5 heteroatoms. The van der Waals surface area contributed by atoms with Gasteiger partial charge in [0.15, 0.2) is 6.29 Å². The molecule has 0 bridgehead atoms. The monoisotopic (exact) mass is 325 g/mol. The summed E-state index contributed by atoms with van der Waals surface area (Å²) in [6.45, 7) is 0. The second kappa shape index (κ2) is 6.10. The van der Waals surface area contributed by atoms with Crippen molar-refractivity contribution in [2.75, 3.05) is 4.42 Å². The number of fused-ring (bicyclic) bond motifs is 1. The van der Waals surface area contributed by atoms with Gasteiger partial charge in [-0.05, 0) is 29.0 Å². The molecule has 0 aliphatic heterocycles. The molecule has 1 amide bonds. The summed E-state index contributed by atoms with van der Waals surface area (Å²) in [5.41, 5.74) is 0.522. The van der Waals surface area contributed by atoms with Crippen LogP contribution in [0.1, 0.15) is 20.7 Å². The zero-order valence-electron chi connectivity index (χ0n) is 11.9. The van der Waals surface area contributed by atoms with E-state index in [0.29, 0.717) is 22.7 Å². The van der Waals surface area contributed by atoms with Gasteiger partial charge in [0.05, 0.1) is 16.8 Å². The molecule has 0 saturated carbocycles. The van der Waals surface area contributed by atoms with Crippen molar-refractivity contribution in [3.63, 3.8) is 0 Å². The average molecular weight is 326 g/mol. The Kier molecular flexibility index (Phi) is 4.00. The van der Waals surface area contributed by atoms with Crippen molar-refractivity contribution < 1.29 is 14.7 Å². The predicted octanol–water partition coefficient (Wildman–Crippen LogP) is 4.16. The first-order chi connectivity index (χ1) is 11.1. The molecule has 3 aromatic carbocycles. The molecular formula is C18H12ClNO3. The number of phenolic OH excluding ortho intramolecular Hbond substituents is 1. The van der Waals surface area contributed by atoms with Crippen molar-refractivity contribution in [1.82, 2.24) is 0 Å². The number of aldehydes is 1. The van der Waals surface area contributed by atoms with Crippen LogP contribution in [0.4, 0.5) is 5.69 Å². The number of hydrogen-bond acceptors (Lipinski definition) is 3. The van der Waals surface area contributed by atoms with Crippen molar-refractivity contribution in [3.05, 3.63) is 71.8 Å². The first kappa shape index (κ1) is 15.1. The predicted molar refractivity (Wildman–Crippen MR) is 90.1 cm³/mol. The summed E-state index contributed by atoms with van der Waals surface area (Å²) >= 11 is 6.09. The molecule has 0 fully saturated rings. The number of anilines is 1. The summed E-state index contributed by atoms with van der Waals surface area (Å²) < 4.78 is 0.915. The second-order valence-electron chi connectivity index (χ2n) is 4.95. The lowest BCUT2D eigenvalue weighted by Gasteiger charge is -2.16. The fourth-order valence-corrected chi connectivity index (χ4v) is 2.63. The van der Waals surface area contributed by atoms with Gasteiger partial charge in [-0.1, -0.05) is 42.5 Å². The number of nitrogens with zero attached hydrogens (tertiary/aromatic N) is 1. The Labute approximate surface area is 137 Å². The highest BCUT2D eigenvalue weighted by molar-refractivity contribution is 6.39. The average Bonchev–Trinajstić information content (AvgIpc) is 2.61. The maximum atomic E-state index is 12.6. The van der Waals surface area contributed by atoms with Crippen LogP contribution in [-0.4, -0.2) is 17.3 Å². The number of halogens is 1. The lowest BCUT2D eigenvalue weighted by Crippen LogP contribution is -2.21. The molecule has 23 heavy (non-hydrogen) atoms. The fraction of sp³-hybridized carbons (Fsp3) is 0. The molecule has 4 nitrogen and oxygen atoms in total. The van der Waals surface area contributed by atoms with E-state index in [9.17, 15) is 14.7 Å². The van der Waals surface area contributed by atoms with Crippen LogP contribution in [0.25, 0.3) is 10.8 Å². The first-order valence-electron chi connectivity index (χ1n) is 6.88. The number of hydrogen-bond donors (Lipinski definition) is 1. The van der Waals surface area contributed by atoms with Crippen molar-refractivity contribution in [2.24, 2.45) is 0 Å². The van der Waals surface area contributed by atoms with Gasteiger partial charge in [0.2, 0.25) is 0 Å². The van der Waals surface area contributed by atoms with Crippen molar-refractivity contribution in [3.8, 4) is 5.75 Å². The third-order valence-electron chi connectivity index (χ3n) is 3.57. The molecule has 0 saturated heterocycles. The second-order valence-corrected chi connectivity index (χ2v) is 5.28. The molecule has 3 rings (SSSR count). The number of carbonyl (C=O) groups excluding carboxylic acids is 2. The van der Waals surface area contributed by atoms with Crippen molar-refractivity contribution in [1.29, 1.82) is 0 Å². The first-order valence-corrected chi connectivity index (χ1v) is 7.22. The summed E-state index contributed by atoms with van der Waals surface area (Å²) in [6, 6.07) is 17.2. The van der Waals surface area contributed by atoms with Crippen LogP contribution < -0.4 is 4.42 Å². The van der Waals surface area contributed by atoms with Crippen LogP contribution in [-0.2, 0) is 0 Å². The normalized spacial score (nSPS) is 10.5. The van der Waals surface area contributed by atoms with Gasteiger partial charge < -0.3 is 5.11 Å². The van der Waals surface area contributed by atoms with E-state index in [1.54, 1.807) is 54.6 Å². The molecule has 0 atom stereocenters. The smallest absolute Gasteiger partial charge is 0.276 e. The Morgan fingerprint density at radius 1 is 1.04 bits per heavy atom. The van der Waals surface area contributed by atoms with Gasteiger partial charge in [-0.15, -0.1) is 0 Å². The van der Waals surface area contributed by atoms with E-state index < -0.39 is 5.91 Å². The molecule has 3 aromatic rings. The Bertz CT molecular complexity index is 893. The van der Waals surface area contributed by atoms with Crippen LogP contribution in [0, 0.1) is 0 Å². The van der Waals surface area contributed by atoms with Gasteiger partial charge in [-0.3, -0.25) is 9.59 Å². The molecule has 0 aliphatic rings. The van der Waals surface area contributed by atoms with E-state index in [4.69, 9.17) is 11.8 Å². The maximum Gasteiger partial charge on any atom is 0.276 e. The quantitative estimate of drug-likeness (QED) is 0.581. The van der Waals surface area contributed by atoms with Gasteiger partial charge in [-0.25, -0.2) is 4.42 Å². The molecular weight excluding hydrogens is 314 g/mol. The molecule has 0 aromatic heterocycles. The van der Waals surface area contributed by atoms with E-state index in [1.807, 2.05) is 0 Å². The van der Waals surface area contributed by atoms with Crippen LogP contribution in [0.2, 0.25) is 0 Å². The number of amides is 1. The van der Waals surface area contributed by atoms with Crippen LogP contribution in [0.5, 0.6) is 5.75 Å². The zero-order valence-corrected chi connectivity index (χ0v) is 12.7. The number of rotatable bonds is 3. The number of carbonyl (C=O) groups is 2. The number of benzene rings is 3. The highest BCUT2D eigenvalue weighted by atomic mass is 35.5. The summed E-state index contributed by atoms with van der Waals surface area (Å²) in [6.07, 6.45) is 0.537. The summed E-state index contributed by atoms with van der Waals surface area (Å²) in [7, 11) is 0. The van der Waals surface area contributed by atoms with Crippen LogP contribution >= 0.6 is 11.8 Å². The van der Waals surface area contributed by atoms with Gasteiger partial charge in [-0.2, -0.15) is 0 Å². The van der Waals surface area contributed by atoms with E-state index in [2.05, 4.69) is 0 Å². The van der Waals surface area contributed by atoms with Crippen molar-refractivity contribution in [2.45, 2.75) is 0 Å². The largest absolute Gasteiger partial charge is 0.506 e. The summed E-state index contributed by atoms with van der Waals surface area (Å²) in [5, 5.41) is 11.6. The summed E-state index contributed by atoms with van der Waals surface area (Å²) in [4.78, 5) is 23.9. The Balaban J connectivity index is 2.14. The van der Waals surface area contributed by atoms with Gasteiger partial charge in [0, 0.05) is 11.8 Å². The number of aromatic hydroxyl groups is 1. The van der Waals surface area contributed by atoms with E-state index >= 15 is 0 Å². The molecule has 0 spiro atoms. The highest BCUT2D eigenvalue weighted by Gasteiger charge is 2.22. The summed E-state index contributed by atoms with van der Waals surface area (Å²) in [5.74, 6) is -0.977. The highest BCUT2D eigenvalue weighted by Crippen LogP contribution is 2.32. The standard InChI is InChI=1S/C18H12ClNO3/c19-20(13-7-2-1-3-8-13)18(23)15-10-12-6-4-5-9-14(12)16(11-21)17(15)22/h1-11,22H. The number of para-hydroxylation sites is 1. The lowest BCUT2D eigenvalue weighted by atomic mass is 9.99. The minimum atomic E-state index is -0.607. The fourth-order valence-electron chi connectivity index (χ4n) is 2.43. The third kappa shape index (κ3) is 2.64. The Morgan fingerprint density at radius 2 is 1.70 bits per heavy atom. The van der Waals surface area contributed by atoms with Crippen molar-refractivity contribution >= 4 is 40.4 Å². The molecule has 0 radical (unpaired) electrons. The molecule has 1 N–H and O–H groups in total. The van der Waals surface area contributed by atoms with Crippen LogP contribution in [0.3, 0.4) is 0 Å². The molecule has 114 valence electrons. The Hall–Kier alpha value is -2.85. The van der Waals surface area contributed by atoms with Gasteiger partial charge in [0.25, 0.3) is 5.91 Å². The minimum absolute atomic E-state index is 0.0235. The van der Waals surface area contributed by atoms with E-state index in [-0.39, 0.29) is 16.9 Å². The lowest BCUT2D eigenvalue weighted by molar-refractivity contribution is 0.100.